The van der Waals surface area contributed by atoms with E-state index in [1.165, 1.54) is 5.01 Å². The molecule has 4 heteroatoms. The van der Waals surface area contributed by atoms with Crippen molar-refractivity contribution in [3.05, 3.63) is 16.6 Å². The largest absolute Gasteiger partial charge is 0.381 e. The zero-order valence-corrected chi connectivity index (χ0v) is 10.8. The SMILES string of the molecule is CCCNC(C)(c1nccs1)C1CCOC1. The topological polar surface area (TPSA) is 34.2 Å². The third-order valence-corrected chi connectivity index (χ3v) is 4.38. The van der Waals surface area contributed by atoms with Gasteiger partial charge >= 0.3 is 0 Å². The third-order valence-electron chi connectivity index (χ3n) is 3.37. The Bertz CT molecular complexity index is 309. The lowest BCUT2D eigenvalue weighted by atomic mass is 9.85. The van der Waals surface area contributed by atoms with Gasteiger partial charge in [0.15, 0.2) is 0 Å². The van der Waals surface area contributed by atoms with E-state index in [0.29, 0.717) is 5.92 Å². The molecular formula is C12H20N2OS. The fourth-order valence-electron chi connectivity index (χ4n) is 2.25. The molecule has 2 unspecified atom stereocenters. The van der Waals surface area contributed by atoms with Crippen LogP contribution in [0.15, 0.2) is 11.6 Å². The molecule has 1 aliphatic heterocycles. The number of ether oxygens (including phenoxy) is 1. The molecule has 1 aliphatic rings. The lowest BCUT2D eigenvalue weighted by Crippen LogP contribution is -2.46. The zero-order valence-electron chi connectivity index (χ0n) is 10.0. The van der Waals surface area contributed by atoms with Crippen LogP contribution in [0.1, 0.15) is 31.7 Å². The van der Waals surface area contributed by atoms with E-state index in [4.69, 9.17) is 4.74 Å². The first-order chi connectivity index (χ1) is 7.77. The molecule has 0 radical (unpaired) electrons. The van der Waals surface area contributed by atoms with E-state index in [0.717, 1.165) is 32.6 Å². The number of thiazole rings is 1. The number of nitrogens with zero attached hydrogens (tertiary/aromatic N) is 1. The lowest BCUT2D eigenvalue weighted by Gasteiger charge is -2.34. The van der Waals surface area contributed by atoms with Gasteiger partial charge in [0.2, 0.25) is 0 Å². The molecule has 1 saturated heterocycles. The van der Waals surface area contributed by atoms with Crippen LogP contribution in [-0.2, 0) is 10.3 Å². The second-order valence-corrected chi connectivity index (χ2v) is 5.42. The first-order valence-corrected chi connectivity index (χ1v) is 6.88. The van der Waals surface area contributed by atoms with E-state index in [2.05, 4.69) is 29.5 Å². The van der Waals surface area contributed by atoms with Crippen molar-refractivity contribution in [3.63, 3.8) is 0 Å². The number of nitrogens with one attached hydrogen (secondary N) is 1. The predicted molar refractivity (Wildman–Crippen MR) is 66.7 cm³/mol. The predicted octanol–water partition coefficient (Wildman–Crippen LogP) is 2.39. The number of hydrogen-bond acceptors (Lipinski definition) is 4. The normalized spacial score (nSPS) is 24.5. The molecule has 0 aliphatic carbocycles. The molecule has 0 amide bonds. The van der Waals surface area contributed by atoms with Crippen LogP contribution in [-0.4, -0.2) is 24.7 Å². The highest BCUT2D eigenvalue weighted by molar-refractivity contribution is 7.09. The van der Waals surface area contributed by atoms with Crippen molar-refractivity contribution in [3.8, 4) is 0 Å². The highest BCUT2D eigenvalue weighted by Gasteiger charge is 2.39. The van der Waals surface area contributed by atoms with E-state index in [1.807, 2.05) is 6.20 Å². The summed E-state index contributed by atoms with van der Waals surface area (Å²) >= 11 is 1.74. The van der Waals surface area contributed by atoms with E-state index in [-0.39, 0.29) is 5.54 Å². The Morgan fingerprint density at radius 3 is 3.12 bits per heavy atom. The molecule has 0 aromatic carbocycles. The summed E-state index contributed by atoms with van der Waals surface area (Å²) in [5.74, 6) is 0.546. The second-order valence-electron chi connectivity index (χ2n) is 4.53. The molecule has 1 aromatic rings. The summed E-state index contributed by atoms with van der Waals surface area (Å²) in [6.07, 6.45) is 4.17. The summed E-state index contributed by atoms with van der Waals surface area (Å²) in [6.45, 7) is 7.24. The van der Waals surface area contributed by atoms with E-state index < -0.39 is 0 Å². The van der Waals surface area contributed by atoms with Crippen LogP contribution < -0.4 is 5.32 Å². The van der Waals surface area contributed by atoms with Gasteiger partial charge in [-0.3, -0.25) is 0 Å². The highest BCUT2D eigenvalue weighted by Crippen LogP contribution is 2.35. The highest BCUT2D eigenvalue weighted by atomic mass is 32.1. The van der Waals surface area contributed by atoms with Crippen molar-refractivity contribution in [2.45, 2.75) is 32.2 Å². The van der Waals surface area contributed by atoms with Gasteiger partial charge in [-0.1, -0.05) is 6.92 Å². The molecule has 1 aromatic heterocycles. The monoisotopic (exact) mass is 240 g/mol. The van der Waals surface area contributed by atoms with Gasteiger partial charge < -0.3 is 10.1 Å². The molecule has 0 spiro atoms. The Morgan fingerprint density at radius 2 is 2.56 bits per heavy atom. The van der Waals surface area contributed by atoms with Crippen LogP contribution >= 0.6 is 11.3 Å². The Balaban J connectivity index is 2.17. The van der Waals surface area contributed by atoms with Gasteiger partial charge in [-0.25, -0.2) is 4.98 Å². The molecule has 0 saturated carbocycles. The van der Waals surface area contributed by atoms with Crippen molar-refractivity contribution in [2.75, 3.05) is 19.8 Å². The zero-order chi connectivity index (χ0) is 11.4. The van der Waals surface area contributed by atoms with Crippen LogP contribution in [0.5, 0.6) is 0 Å². The Labute approximate surface area is 101 Å². The summed E-state index contributed by atoms with van der Waals surface area (Å²) in [6, 6.07) is 0. The Kier molecular flexibility index (Phi) is 3.95. The van der Waals surface area contributed by atoms with Crippen LogP contribution in [0.3, 0.4) is 0 Å². The van der Waals surface area contributed by atoms with Gasteiger partial charge in [0.25, 0.3) is 0 Å². The Morgan fingerprint density at radius 1 is 1.69 bits per heavy atom. The summed E-state index contributed by atoms with van der Waals surface area (Å²) in [5.41, 5.74) is -0.0132. The van der Waals surface area contributed by atoms with Crippen molar-refractivity contribution in [1.29, 1.82) is 0 Å². The van der Waals surface area contributed by atoms with Crippen LogP contribution in [0.2, 0.25) is 0 Å². The molecule has 2 rings (SSSR count). The minimum atomic E-state index is -0.0132. The van der Waals surface area contributed by atoms with Crippen LogP contribution in [0, 0.1) is 5.92 Å². The molecule has 3 nitrogen and oxygen atoms in total. The molecule has 1 fully saturated rings. The van der Waals surface area contributed by atoms with Crippen LogP contribution in [0.25, 0.3) is 0 Å². The maximum Gasteiger partial charge on any atom is 0.113 e. The standard InChI is InChI=1S/C12H20N2OS/c1-3-5-14-12(2,10-4-7-15-9-10)11-13-6-8-16-11/h6,8,10,14H,3-5,7,9H2,1-2H3. The fourth-order valence-corrected chi connectivity index (χ4v) is 3.11. The maximum atomic E-state index is 5.52. The molecule has 2 heterocycles. The molecule has 90 valence electrons. The number of rotatable bonds is 5. The van der Waals surface area contributed by atoms with Gasteiger partial charge in [-0.15, -0.1) is 11.3 Å². The van der Waals surface area contributed by atoms with E-state index >= 15 is 0 Å². The average molecular weight is 240 g/mol. The quantitative estimate of drug-likeness (QED) is 0.858. The minimum Gasteiger partial charge on any atom is -0.381 e. The van der Waals surface area contributed by atoms with Gasteiger partial charge in [0.05, 0.1) is 12.1 Å². The fraction of sp³-hybridized carbons (Fsp3) is 0.750. The van der Waals surface area contributed by atoms with E-state index in [9.17, 15) is 0 Å². The summed E-state index contributed by atoms with van der Waals surface area (Å²) in [5, 5.41) is 6.90. The molecular weight excluding hydrogens is 220 g/mol. The smallest absolute Gasteiger partial charge is 0.113 e. The second kappa shape index (κ2) is 5.25. The lowest BCUT2D eigenvalue weighted by molar-refractivity contribution is 0.152. The molecule has 16 heavy (non-hydrogen) atoms. The molecule has 0 bridgehead atoms. The molecule has 2 atom stereocenters. The van der Waals surface area contributed by atoms with Gasteiger partial charge in [-0.2, -0.15) is 0 Å². The van der Waals surface area contributed by atoms with Crippen molar-refractivity contribution in [1.82, 2.24) is 10.3 Å². The maximum absolute atomic E-state index is 5.52. The summed E-state index contributed by atoms with van der Waals surface area (Å²) in [7, 11) is 0. The van der Waals surface area contributed by atoms with Gasteiger partial charge in [-0.05, 0) is 26.3 Å². The summed E-state index contributed by atoms with van der Waals surface area (Å²) < 4.78 is 5.52. The van der Waals surface area contributed by atoms with Crippen molar-refractivity contribution < 1.29 is 4.74 Å². The first kappa shape index (κ1) is 12.0. The van der Waals surface area contributed by atoms with Gasteiger partial charge in [0.1, 0.15) is 5.01 Å². The van der Waals surface area contributed by atoms with Crippen molar-refractivity contribution in [2.24, 2.45) is 5.92 Å². The van der Waals surface area contributed by atoms with Crippen molar-refractivity contribution >= 4 is 11.3 Å². The third kappa shape index (κ3) is 2.29. The van der Waals surface area contributed by atoms with Gasteiger partial charge in [0, 0.05) is 24.1 Å². The summed E-state index contributed by atoms with van der Waals surface area (Å²) in [4.78, 5) is 4.49. The Hall–Kier alpha value is -0.450. The first-order valence-electron chi connectivity index (χ1n) is 6.00. The number of aromatic nitrogens is 1. The van der Waals surface area contributed by atoms with Crippen LogP contribution in [0.4, 0.5) is 0 Å². The molecule has 1 N–H and O–H groups in total. The minimum absolute atomic E-state index is 0.0132. The van der Waals surface area contributed by atoms with E-state index in [1.54, 1.807) is 11.3 Å². The number of hydrogen-bond donors (Lipinski definition) is 1. The average Bonchev–Trinajstić information content (AvgIpc) is 2.96.